The summed E-state index contributed by atoms with van der Waals surface area (Å²) in [4.78, 5) is 25.8. The second-order valence-electron chi connectivity index (χ2n) is 6.32. The Hall–Kier alpha value is -2.93. The quantitative estimate of drug-likeness (QED) is 0.812. The number of carbonyl (C=O) groups excluding carboxylic acids is 1. The van der Waals surface area contributed by atoms with Crippen LogP contribution in [0.4, 0.5) is 10.1 Å². The second-order valence-corrected chi connectivity index (χ2v) is 6.32. The molecule has 1 fully saturated rings. The molecule has 6 nitrogen and oxygen atoms in total. The summed E-state index contributed by atoms with van der Waals surface area (Å²) in [5.41, 5.74) is 1.29. The summed E-state index contributed by atoms with van der Waals surface area (Å²) < 4.78 is 19.7. The SMILES string of the molecule is O=C(N[C@H](Cc1ccccc1)C(=O)O)c1ccc(N2CCOCC2)c(F)c1. The molecule has 2 N–H and O–H groups in total. The topological polar surface area (TPSA) is 78.9 Å². The molecule has 1 amide bonds. The van der Waals surface area contributed by atoms with E-state index in [1.807, 2.05) is 11.0 Å². The zero-order valence-electron chi connectivity index (χ0n) is 14.7. The van der Waals surface area contributed by atoms with Gasteiger partial charge in [-0.2, -0.15) is 0 Å². The molecule has 27 heavy (non-hydrogen) atoms. The molecule has 7 heteroatoms. The van der Waals surface area contributed by atoms with Crippen LogP contribution in [-0.2, 0) is 16.0 Å². The van der Waals surface area contributed by atoms with Crippen molar-refractivity contribution < 1.29 is 23.8 Å². The number of hydrogen-bond acceptors (Lipinski definition) is 4. The lowest BCUT2D eigenvalue weighted by atomic mass is 10.1. The largest absolute Gasteiger partial charge is 0.480 e. The number of carboxylic acid groups (broad SMARTS) is 1. The van der Waals surface area contributed by atoms with E-state index in [0.717, 1.165) is 11.6 Å². The Morgan fingerprint density at radius 3 is 2.48 bits per heavy atom. The fourth-order valence-corrected chi connectivity index (χ4v) is 3.00. The normalized spacial score (nSPS) is 15.2. The van der Waals surface area contributed by atoms with Gasteiger partial charge in [0.1, 0.15) is 11.9 Å². The zero-order valence-corrected chi connectivity index (χ0v) is 14.7. The van der Waals surface area contributed by atoms with Crippen molar-refractivity contribution in [3.05, 3.63) is 65.5 Å². The molecule has 0 saturated carbocycles. The summed E-state index contributed by atoms with van der Waals surface area (Å²) in [6.45, 7) is 2.23. The van der Waals surface area contributed by atoms with Crippen molar-refractivity contribution in [2.75, 3.05) is 31.2 Å². The molecular formula is C20H21FN2O4. The lowest BCUT2D eigenvalue weighted by Gasteiger charge is -2.29. The molecule has 0 aliphatic carbocycles. The van der Waals surface area contributed by atoms with Crippen molar-refractivity contribution in [1.29, 1.82) is 0 Å². The molecular weight excluding hydrogens is 351 g/mol. The van der Waals surface area contributed by atoms with E-state index >= 15 is 0 Å². The maximum atomic E-state index is 14.5. The van der Waals surface area contributed by atoms with E-state index in [1.54, 1.807) is 30.3 Å². The Balaban J connectivity index is 1.70. The molecule has 2 aromatic rings. The van der Waals surface area contributed by atoms with E-state index in [9.17, 15) is 19.1 Å². The average Bonchev–Trinajstić information content (AvgIpc) is 2.68. The fraction of sp³-hybridized carbons (Fsp3) is 0.300. The third-order valence-corrected chi connectivity index (χ3v) is 4.45. The smallest absolute Gasteiger partial charge is 0.326 e. The van der Waals surface area contributed by atoms with Gasteiger partial charge in [0.15, 0.2) is 0 Å². The number of carboxylic acids is 1. The van der Waals surface area contributed by atoms with Gasteiger partial charge >= 0.3 is 5.97 Å². The van der Waals surface area contributed by atoms with Crippen molar-refractivity contribution in [3.63, 3.8) is 0 Å². The van der Waals surface area contributed by atoms with E-state index in [0.29, 0.717) is 32.0 Å². The monoisotopic (exact) mass is 372 g/mol. The highest BCUT2D eigenvalue weighted by Crippen LogP contribution is 2.21. The van der Waals surface area contributed by atoms with Crippen molar-refractivity contribution in [2.45, 2.75) is 12.5 Å². The predicted octanol–water partition coefficient (Wildman–Crippen LogP) is 2.09. The molecule has 142 valence electrons. The minimum absolute atomic E-state index is 0.0869. The predicted molar refractivity (Wildman–Crippen MR) is 98.5 cm³/mol. The summed E-state index contributed by atoms with van der Waals surface area (Å²) in [5.74, 6) is -2.28. The first kappa shape index (κ1) is 18.8. The molecule has 1 aliphatic rings. The highest BCUT2D eigenvalue weighted by Gasteiger charge is 2.22. The van der Waals surface area contributed by atoms with Crippen LogP contribution < -0.4 is 10.2 Å². The summed E-state index contributed by atoms with van der Waals surface area (Å²) >= 11 is 0. The number of anilines is 1. The maximum Gasteiger partial charge on any atom is 0.326 e. The number of aliphatic carboxylic acids is 1. The van der Waals surface area contributed by atoms with Gasteiger partial charge in [-0.05, 0) is 23.8 Å². The highest BCUT2D eigenvalue weighted by atomic mass is 19.1. The lowest BCUT2D eigenvalue weighted by molar-refractivity contribution is -0.139. The molecule has 1 atom stereocenters. The minimum atomic E-state index is -1.14. The summed E-state index contributed by atoms with van der Waals surface area (Å²) in [7, 11) is 0. The van der Waals surface area contributed by atoms with Crippen LogP contribution in [0.15, 0.2) is 48.5 Å². The van der Waals surface area contributed by atoms with E-state index in [2.05, 4.69) is 5.32 Å². The Morgan fingerprint density at radius 1 is 1.15 bits per heavy atom. The van der Waals surface area contributed by atoms with Crippen LogP contribution in [0.3, 0.4) is 0 Å². The lowest BCUT2D eigenvalue weighted by Crippen LogP contribution is -2.42. The molecule has 0 unspecified atom stereocenters. The van der Waals surface area contributed by atoms with Crippen molar-refractivity contribution in [3.8, 4) is 0 Å². The molecule has 0 radical (unpaired) electrons. The minimum Gasteiger partial charge on any atom is -0.480 e. The van der Waals surface area contributed by atoms with Crippen LogP contribution in [0.2, 0.25) is 0 Å². The first-order valence-electron chi connectivity index (χ1n) is 8.74. The van der Waals surface area contributed by atoms with Gasteiger partial charge < -0.3 is 20.1 Å². The number of nitrogens with one attached hydrogen (secondary N) is 1. The van der Waals surface area contributed by atoms with Crippen LogP contribution in [0, 0.1) is 5.82 Å². The second kappa shape index (κ2) is 8.64. The van der Waals surface area contributed by atoms with Gasteiger partial charge in [0.05, 0.1) is 18.9 Å². The number of hydrogen-bond donors (Lipinski definition) is 2. The van der Waals surface area contributed by atoms with Crippen LogP contribution in [0.5, 0.6) is 0 Å². The van der Waals surface area contributed by atoms with Gasteiger partial charge in [-0.25, -0.2) is 9.18 Å². The maximum absolute atomic E-state index is 14.5. The number of morpholine rings is 1. The van der Waals surface area contributed by atoms with Crippen molar-refractivity contribution in [1.82, 2.24) is 5.32 Å². The summed E-state index contributed by atoms with van der Waals surface area (Å²) in [5, 5.41) is 11.9. The Labute approximate surface area is 156 Å². The first-order chi connectivity index (χ1) is 13.0. The number of amides is 1. The zero-order chi connectivity index (χ0) is 19.2. The number of nitrogens with zero attached hydrogens (tertiary/aromatic N) is 1. The molecule has 0 spiro atoms. The standard InChI is InChI=1S/C20H21FN2O4/c21-16-13-15(6-7-18(16)23-8-10-27-11-9-23)19(24)22-17(20(25)26)12-14-4-2-1-3-5-14/h1-7,13,17H,8-12H2,(H,22,24)(H,25,26)/t17-/m1/s1. The Bertz CT molecular complexity index is 807. The molecule has 2 aromatic carbocycles. The number of halogens is 1. The van der Waals surface area contributed by atoms with Crippen molar-refractivity contribution >= 4 is 17.6 Å². The summed E-state index contributed by atoms with van der Waals surface area (Å²) in [6, 6.07) is 12.1. The van der Waals surface area contributed by atoms with E-state index in [4.69, 9.17) is 4.74 Å². The van der Waals surface area contributed by atoms with Crippen LogP contribution in [-0.4, -0.2) is 49.3 Å². The van der Waals surface area contributed by atoms with Gasteiger partial charge in [-0.3, -0.25) is 4.79 Å². The summed E-state index contributed by atoms with van der Waals surface area (Å²) in [6.07, 6.45) is 0.149. The first-order valence-corrected chi connectivity index (χ1v) is 8.74. The average molecular weight is 372 g/mol. The number of ether oxygens (including phenoxy) is 1. The van der Waals surface area contributed by atoms with Crippen LogP contribution in [0.1, 0.15) is 15.9 Å². The van der Waals surface area contributed by atoms with Gasteiger partial charge in [0.25, 0.3) is 5.91 Å². The van der Waals surface area contributed by atoms with Gasteiger partial charge in [-0.1, -0.05) is 30.3 Å². The number of rotatable bonds is 6. The molecule has 0 aromatic heterocycles. The fourth-order valence-electron chi connectivity index (χ4n) is 3.00. The molecule has 3 rings (SSSR count). The van der Waals surface area contributed by atoms with E-state index in [-0.39, 0.29) is 12.0 Å². The number of benzene rings is 2. The van der Waals surface area contributed by atoms with Gasteiger partial charge in [-0.15, -0.1) is 0 Å². The molecule has 1 saturated heterocycles. The van der Waals surface area contributed by atoms with Crippen LogP contribution >= 0.6 is 0 Å². The Morgan fingerprint density at radius 2 is 1.85 bits per heavy atom. The number of carbonyl (C=O) groups is 2. The van der Waals surface area contributed by atoms with E-state index in [1.165, 1.54) is 6.07 Å². The molecule has 1 heterocycles. The Kier molecular flexibility index (Phi) is 6.03. The van der Waals surface area contributed by atoms with E-state index < -0.39 is 23.7 Å². The third kappa shape index (κ3) is 4.83. The molecule has 0 bridgehead atoms. The highest BCUT2D eigenvalue weighted by molar-refractivity contribution is 5.97. The third-order valence-electron chi connectivity index (χ3n) is 4.45. The van der Waals surface area contributed by atoms with Crippen molar-refractivity contribution in [2.24, 2.45) is 0 Å². The van der Waals surface area contributed by atoms with Gasteiger partial charge in [0, 0.05) is 25.1 Å². The molecule has 1 aliphatic heterocycles. The van der Waals surface area contributed by atoms with Gasteiger partial charge in [0.2, 0.25) is 0 Å². The van der Waals surface area contributed by atoms with Crippen LogP contribution in [0.25, 0.3) is 0 Å².